The zero-order chi connectivity index (χ0) is 14.2. The molecule has 0 aliphatic heterocycles. The molecule has 0 aromatic heterocycles. The van der Waals surface area contributed by atoms with Crippen molar-refractivity contribution < 1.29 is 23.8 Å². The summed E-state index contributed by atoms with van der Waals surface area (Å²) in [5, 5.41) is 8.92. The first kappa shape index (κ1) is 16.7. The highest BCUT2D eigenvalue weighted by Crippen LogP contribution is 2.43. The van der Waals surface area contributed by atoms with Crippen molar-refractivity contribution in [3.63, 3.8) is 0 Å². The molecule has 0 aromatic carbocycles. The van der Waals surface area contributed by atoms with Crippen molar-refractivity contribution in [3.05, 3.63) is 0 Å². The summed E-state index contributed by atoms with van der Waals surface area (Å²) in [6.07, 6.45) is 0.0803. The normalized spacial score (nSPS) is 15.0. The highest BCUT2D eigenvalue weighted by Gasteiger charge is 2.21. The van der Waals surface area contributed by atoms with Crippen LogP contribution in [0.3, 0.4) is 0 Å². The first-order valence-corrected chi connectivity index (χ1v) is 7.74. The van der Waals surface area contributed by atoms with E-state index in [9.17, 15) is 14.2 Å². The number of hydrogen-bond donors (Lipinski definition) is 2. The topological polar surface area (TPSA) is 107 Å². The van der Waals surface area contributed by atoms with Gasteiger partial charge in [0.25, 0.3) is 0 Å². The minimum absolute atomic E-state index is 0.120. The fourth-order valence-corrected chi connectivity index (χ4v) is 2.62. The van der Waals surface area contributed by atoms with E-state index in [1.807, 2.05) is 0 Å². The molecule has 1 unspecified atom stereocenters. The van der Waals surface area contributed by atoms with Crippen molar-refractivity contribution in [2.75, 3.05) is 19.4 Å². The third-order valence-corrected chi connectivity index (χ3v) is 3.94. The number of carbonyl (C=O) groups is 2. The quantitative estimate of drug-likeness (QED) is 0.530. The monoisotopic (exact) mass is 275 g/mol. The minimum Gasteiger partial charge on any atom is -0.480 e. The van der Waals surface area contributed by atoms with Gasteiger partial charge < -0.3 is 15.4 Å². The van der Waals surface area contributed by atoms with E-state index in [0.717, 1.165) is 0 Å². The maximum Gasteiger partial charge on any atom is 0.318 e. The van der Waals surface area contributed by atoms with Gasteiger partial charge in [0.15, 0.2) is 7.37 Å². The molecule has 0 spiro atoms. The maximum absolute atomic E-state index is 11.8. The van der Waals surface area contributed by atoms with Crippen molar-refractivity contribution in [1.29, 1.82) is 0 Å². The summed E-state index contributed by atoms with van der Waals surface area (Å²) in [6.45, 7) is 3.50. The number of rotatable bonds is 7. The van der Waals surface area contributed by atoms with Crippen molar-refractivity contribution in [1.82, 2.24) is 0 Å². The number of carboxylic acid groups (broad SMARTS) is 1. The highest BCUT2D eigenvalue weighted by molar-refractivity contribution is 7.58. The SMILES string of the molecule is CCOP(C)(=O)CC[C@H](C#CCC(N)=O)C(=O)O. The van der Waals surface area contributed by atoms with Gasteiger partial charge in [-0.3, -0.25) is 14.2 Å². The van der Waals surface area contributed by atoms with Crippen molar-refractivity contribution in [3.8, 4) is 11.8 Å². The van der Waals surface area contributed by atoms with Crippen LogP contribution in [0.2, 0.25) is 0 Å². The van der Waals surface area contributed by atoms with Crippen LogP contribution in [0.25, 0.3) is 0 Å². The molecule has 0 bridgehead atoms. The molecule has 0 fully saturated rings. The fraction of sp³-hybridized carbons (Fsp3) is 0.636. The Kier molecular flexibility index (Phi) is 7.33. The van der Waals surface area contributed by atoms with E-state index < -0.39 is 25.2 Å². The van der Waals surface area contributed by atoms with Crippen LogP contribution < -0.4 is 5.73 Å². The van der Waals surface area contributed by atoms with Crippen molar-refractivity contribution in [2.24, 2.45) is 11.7 Å². The third kappa shape index (κ3) is 7.88. The van der Waals surface area contributed by atoms with Gasteiger partial charge in [-0.15, -0.1) is 0 Å². The number of nitrogens with two attached hydrogens (primary N) is 1. The van der Waals surface area contributed by atoms with Crippen LogP contribution in [0, 0.1) is 17.8 Å². The predicted octanol–water partition coefficient (Wildman–Crippen LogP) is 0.900. The van der Waals surface area contributed by atoms with Crippen LogP contribution in [0.5, 0.6) is 0 Å². The smallest absolute Gasteiger partial charge is 0.318 e. The molecule has 6 nitrogen and oxygen atoms in total. The number of hydrogen-bond acceptors (Lipinski definition) is 4. The number of amides is 1. The molecular weight excluding hydrogens is 257 g/mol. The van der Waals surface area contributed by atoms with Crippen LogP contribution in [-0.2, 0) is 18.7 Å². The van der Waals surface area contributed by atoms with E-state index in [0.29, 0.717) is 6.61 Å². The van der Waals surface area contributed by atoms with Gasteiger partial charge in [0, 0.05) is 12.8 Å². The van der Waals surface area contributed by atoms with E-state index in [1.165, 1.54) is 6.66 Å². The average molecular weight is 275 g/mol. The van der Waals surface area contributed by atoms with Crippen LogP contribution in [0.4, 0.5) is 0 Å². The van der Waals surface area contributed by atoms with Gasteiger partial charge in [-0.05, 0) is 13.3 Å². The zero-order valence-electron chi connectivity index (χ0n) is 10.5. The second-order valence-corrected chi connectivity index (χ2v) is 6.53. The van der Waals surface area contributed by atoms with Crippen LogP contribution in [0.1, 0.15) is 19.8 Å². The lowest BCUT2D eigenvalue weighted by Crippen LogP contribution is -2.14. The van der Waals surface area contributed by atoms with Gasteiger partial charge in [0.05, 0.1) is 13.0 Å². The lowest BCUT2D eigenvalue weighted by Gasteiger charge is -2.13. The minimum atomic E-state index is -2.76. The molecule has 0 radical (unpaired) electrons. The molecule has 2 atom stereocenters. The predicted molar refractivity (Wildman–Crippen MR) is 67.4 cm³/mol. The largest absolute Gasteiger partial charge is 0.480 e. The van der Waals surface area contributed by atoms with Crippen LogP contribution in [0.15, 0.2) is 0 Å². The van der Waals surface area contributed by atoms with Crippen LogP contribution in [-0.4, -0.2) is 36.4 Å². The second-order valence-electron chi connectivity index (χ2n) is 3.80. The van der Waals surface area contributed by atoms with E-state index in [2.05, 4.69) is 11.8 Å². The molecule has 102 valence electrons. The van der Waals surface area contributed by atoms with Gasteiger partial charge in [0.1, 0.15) is 5.92 Å². The Labute approximate surface area is 106 Å². The molecule has 0 rings (SSSR count). The first-order valence-electron chi connectivity index (χ1n) is 5.49. The number of carboxylic acids is 1. The summed E-state index contributed by atoms with van der Waals surface area (Å²) < 4.78 is 16.8. The molecule has 0 heterocycles. The molecular formula is C11H18NO5P. The number of aliphatic carboxylic acids is 1. The van der Waals surface area contributed by atoms with E-state index >= 15 is 0 Å². The Balaban J connectivity index is 4.45. The Morgan fingerprint density at radius 3 is 2.56 bits per heavy atom. The summed E-state index contributed by atoms with van der Waals surface area (Å²) in [4.78, 5) is 21.4. The average Bonchev–Trinajstić information content (AvgIpc) is 2.21. The van der Waals surface area contributed by atoms with Gasteiger partial charge in [0.2, 0.25) is 5.91 Å². The first-order chi connectivity index (χ1) is 8.28. The zero-order valence-corrected chi connectivity index (χ0v) is 11.4. The fourth-order valence-electron chi connectivity index (χ4n) is 1.22. The van der Waals surface area contributed by atoms with Crippen molar-refractivity contribution in [2.45, 2.75) is 19.8 Å². The summed E-state index contributed by atoms with van der Waals surface area (Å²) in [5.41, 5.74) is 4.88. The van der Waals surface area contributed by atoms with E-state index in [-0.39, 0.29) is 19.0 Å². The van der Waals surface area contributed by atoms with Gasteiger partial charge in [-0.2, -0.15) is 0 Å². The molecule has 0 aromatic rings. The summed E-state index contributed by atoms with van der Waals surface area (Å²) >= 11 is 0. The Hall–Kier alpha value is -1.31. The molecule has 7 heteroatoms. The van der Waals surface area contributed by atoms with Gasteiger partial charge in [-0.1, -0.05) is 11.8 Å². The Morgan fingerprint density at radius 2 is 2.11 bits per heavy atom. The maximum atomic E-state index is 11.8. The summed E-state index contributed by atoms with van der Waals surface area (Å²) in [7, 11) is -2.76. The molecule has 3 N–H and O–H groups in total. The lowest BCUT2D eigenvalue weighted by atomic mass is 10.1. The third-order valence-electron chi connectivity index (χ3n) is 2.06. The van der Waals surface area contributed by atoms with Crippen LogP contribution >= 0.6 is 7.37 Å². The lowest BCUT2D eigenvalue weighted by molar-refractivity contribution is -0.139. The number of primary amides is 1. The van der Waals surface area contributed by atoms with Gasteiger partial charge >= 0.3 is 5.97 Å². The highest BCUT2D eigenvalue weighted by atomic mass is 31.2. The molecule has 0 saturated heterocycles. The van der Waals surface area contributed by atoms with Gasteiger partial charge in [-0.25, -0.2) is 0 Å². The molecule has 0 aliphatic rings. The standard InChI is InChI=1S/C11H18NO5P/c1-3-17-18(2,16)8-7-9(11(14)15)5-4-6-10(12)13/h9H,3,6-8H2,1-2H3,(H2,12,13)(H,14,15)/t9-,18?/m0/s1. The Morgan fingerprint density at radius 1 is 1.50 bits per heavy atom. The molecule has 0 aliphatic carbocycles. The van der Waals surface area contributed by atoms with E-state index in [1.54, 1.807) is 6.92 Å². The molecule has 18 heavy (non-hydrogen) atoms. The van der Waals surface area contributed by atoms with Crippen molar-refractivity contribution >= 4 is 19.2 Å². The summed E-state index contributed by atoms with van der Waals surface area (Å²) in [6, 6.07) is 0. The number of carbonyl (C=O) groups excluding carboxylic acids is 1. The Bertz CT molecular complexity index is 409. The van der Waals surface area contributed by atoms with E-state index in [4.69, 9.17) is 15.4 Å². The molecule has 1 amide bonds. The second kappa shape index (κ2) is 7.91. The molecule has 0 saturated carbocycles. The summed E-state index contributed by atoms with van der Waals surface area (Å²) in [5.74, 6) is 2.16.